The summed E-state index contributed by atoms with van der Waals surface area (Å²) in [6.07, 6.45) is 5.29. The topological polar surface area (TPSA) is 76.0 Å². The van der Waals surface area contributed by atoms with Gasteiger partial charge >= 0.3 is 0 Å². The van der Waals surface area contributed by atoms with Gasteiger partial charge in [0.15, 0.2) is 0 Å². The fourth-order valence-corrected chi connectivity index (χ4v) is 2.33. The second kappa shape index (κ2) is 7.44. The van der Waals surface area contributed by atoms with E-state index >= 15 is 0 Å². The second-order valence-electron chi connectivity index (χ2n) is 5.58. The van der Waals surface area contributed by atoms with Crippen molar-refractivity contribution in [3.05, 3.63) is 78.4 Å². The molecule has 0 aliphatic carbocycles. The standard InChI is InChI=1S/C19H18N4O2/c1-14(24)21-12-15-2-4-16(5-3-15)19(25)22-17-6-8-18(9-7-17)23-11-10-20-13-23/h2-11,13H,12H2,1H3,(H,21,24)(H,22,25). The van der Waals surface area contributed by atoms with Crippen LogP contribution in [0.5, 0.6) is 0 Å². The number of imidazole rings is 1. The summed E-state index contributed by atoms with van der Waals surface area (Å²) in [5.74, 6) is -0.262. The van der Waals surface area contributed by atoms with Crippen LogP contribution in [0.1, 0.15) is 22.8 Å². The van der Waals surface area contributed by atoms with Crippen molar-refractivity contribution in [1.29, 1.82) is 0 Å². The zero-order valence-corrected chi connectivity index (χ0v) is 13.8. The lowest BCUT2D eigenvalue weighted by atomic mass is 10.1. The van der Waals surface area contributed by atoms with Gasteiger partial charge < -0.3 is 15.2 Å². The molecule has 126 valence electrons. The van der Waals surface area contributed by atoms with Gasteiger partial charge in [-0.3, -0.25) is 9.59 Å². The van der Waals surface area contributed by atoms with E-state index in [-0.39, 0.29) is 11.8 Å². The van der Waals surface area contributed by atoms with E-state index in [0.717, 1.165) is 16.9 Å². The predicted molar refractivity (Wildman–Crippen MR) is 95.5 cm³/mol. The molecule has 6 nitrogen and oxygen atoms in total. The summed E-state index contributed by atoms with van der Waals surface area (Å²) in [6, 6.07) is 14.6. The summed E-state index contributed by atoms with van der Waals surface area (Å²) in [7, 11) is 0. The number of carbonyl (C=O) groups excluding carboxylic acids is 2. The fourth-order valence-electron chi connectivity index (χ4n) is 2.33. The first-order valence-corrected chi connectivity index (χ1v) is 7.85. The molecule has 0 saturated carbocycles. The number of nitrogens with zero attached hydrogens (tertiary/aromatic N) is 2. The fraction of sp³-hybridized carbons (Fsp3) is 0.105. The lowest BCUT2D eigenvalue weighted by molar-refractivity contribution is -0.119. The number of benzene rings is 2. The lowest BCUT2D eigenvalue weighted by Crippen LogP contribution is -2.19. The Labute approximate surface area is 145 Å². The molecular formula is C19H18N4O2. The Bertz CT molecular complexity index is 853. The van der Waals surface area contributed by atoms with Crippen LogP contribution in [0.4, 0.5) is 5.69 Å². The molecule has 3 rings (SSSR count). The number of anilines is 1. The molecule has 0 saturated heterocycles. The average Bonchev–Trinajstić information content (AvgIpc) is 3.15. The maximum Gasteiger partial charge on any atom is 0.255 e. The smallest absolute Gasteiger partial charge is 0.255 e. The molecule has 2 amide bonds. The number of amides is 2. The van der Waals surface area contributed by atoms with Gasteiger partial charge in [-0.15, -0.1) is 0 Å². The minimum Gasteiger partial charge on any atom is -0.352 e. The molecular weight excluding hydrogens is 316 g/mol. The van der Waals surface area contributed by atoms with E-state index in [4.69, 9.17) is 0 Å². The molecule has 3 aromatic rings. The summed E-state index contributed by atoms with van der Waals surface area (Å²) in [4.78, 5) is 27.2. The summed E-state index contributed by atoms with van der Waals surface area (Å²) < 4.78 is 1.89. The van der Waals surface area contributed by atoms with Crippen LogP contribution in [0.15, 0.2) is 67.3 Å². The summed E-state index contributed by atoms with van der Waals surface area (Å²) in [5, 5.41) is 5.59. The van der Waals surface area contributed by atoms with E-state index in [9.17, 15) is 9.59 Å². The van der Waals surface area contributed by atoms with Gasteiger partial charge in [-0.2, -0.15) is 0 Å². The van der Waals surface area contributed by atoms with Gasteiger partial charge in [-0.1, -0.05) is 12.1 Å². The van der Waals surface area contributed by atoms with Crippen molar-refractivity contribution in [3.8, 4) is 5.69 Å². The van der Waals surface area contributed by atoms with Gasteiger partial charge in [-0.25, -0.2) is 4.98 Å². The lowest BCUT2D eigenvalue weighted by Gasteiger charge is -2.08. The van der Waals surface area contributed by atoms with E-state index < -0.39 is 0 Å². The van der Waals surface area contributed by atoms with Crippen molar-refractivity contribution in [1.82, 2.24) is 14.9 Å². The van der Waals surface area contributed by atoms with Crippen LogP contribution in [0, 0.1) is 0 Å². The first-order chi connectivity index (χ1) is 12.1. The first kappa shape index (κ1) is 16.4. The molecule has 2 N–H and O–H groups in total. The van der Waals surface area contributed by atoms with Crippen LogP contribution in [0.2, 0.25) is 0 Å². The van der Waals surface area contributed by atoms with Gasteiger partial charge in [0.2, 0.25) is 5.91 Å². The molecule has 6 heteroatoms. The maximum absolute atomic E-state index is 12.3. The molecule has 0 bridgehead atoms. The van der Waals surface area contributed by atoms with Crippen molar-refractivity contribution in [3.63, 3.8) is 0 Å². The third-order valence-electron chi connectivity index (χ3n) is 3.69. The summed E-state index contributed by atoms with van der Waals surface area (Å²) in [5.41, 5.74) is 3.19. The van der Waals surface area contributed by atoms with Crippen LogP contribution in [-0.2, 0) is 11.3 Å². The van der Waals surface area contributed by atoms with Gasteiger partial charge in [0.1, 0.15) is 0 Å². The number of nitrogens with one attached hydrogen (secondary N) is 2. The molecule has 2 aromatic carbocycles. The van der Waals surface area contributed by atoms with E-state index in [1.807, 2.05) is 47.2 Å². The Morgan fingerprint density at radius 3 is 2.36 bits per heavy atom. The Hall–Kier alpha value is -3.41. The molecule has 0 aliphatic rings. The Kier molecular flexibility index (Phi) is 4.89. The zero-order chi connectivity index (χ0) is 17.6. The Balaban J connectivity index is 1.62. The van der Waals surface area contributed by atoms with Crippen LogP contribution in [0.25, 0.3) is 5.69 Å². The van der Waals surface area contributed by atoms with Crippen molar-refractivity contribution >= 4 is 17.5 Å². The van der Waals surface area contributed by atoms with Crippen LogP contribution in [0.3, 0.4) is 0 Å². The van der Waals surface area contributed by atoms with E-state index in [1.165, 1.54) is 6.92 Å². The predicted octanol–water partition coefficient (Wildman–Crippen LogP) is 2.76. The summed E-state index contributed by atoms with van der Waals surface area (Å²) >= 11 is 0. The second-order valence-corrected chi connectivity index (χ2v) is 5.58. The number of hydrogen-bond acceptors (Lipinski definition) is 3. The highest BCUT2D eigenvalue weighted by Crippen LogP contribution is 2.14. The minimum atomic E-state index is -0.179. The van der Waals surface area contributed by atoms with Crippen molar-refractivity contribution < 1.29 is 9.59 Å². The average molecular weight is 334 g/mol. The molecule has 0 radical (unpaired) electrons. The van der Waals surface area contributed by atoms with Crippen molar-refractivity contribution in [2.24, 2.45) is 0 Å². The Morgan fingerprint density at radius 1 is 1.04 bits per heavy atom. The van der Waals surface area contributed by atoms with E-state index in [1.54, 1.807) is 24.7 Å². The largest absolute Gasteiger partial charge is 0.352 e. The number of carbonyl (C=O) groups is 2. The summed E-state index contributed by atoms with van der Waals surface area (Å²) in [6.45, 7) is 1.92. The van der Waals surface area contributed by atoms with Crippen LogP contribution < -0.4 is 10.6 Å². The molecule has 0 spiro atoms. The zero-order valence-electron chi connectivity index (χ0n) is 13.8. The highest BCUT2D eigenvalue weighted by atomic mass is 16.2. The molecule has 0 atom stereocenters. The minimum absolute atomic E-state index is 0.0824. The molecule has 0 fully saturated rings. The third kappa shape index (κ3) is 4.32. The van der Waals surface area contributed by atoms with Gasteiger partial charge in [-0.05, 0) is 42.0 Å². The number of hydrogen-bond donors (Lipinski definition) is 2. The van der Waals surface area contributed by atoms with Crippen LogP contribution in [-0.4, -0.2) is 21.4 Å². The number of aromatic nitrogens is 2. The van der Waals surface area contributed by atoms with Gasteiger partial charge in [0.25, 0.3) is 5.91 Å². The van der Waals surface area contributed by atoms with Crippen molar-refractivity contribution in [2.75, 3.05) is 5.32 Å². The molecule has 1 heterocycles. The van der Waals surface area contributed by atoms with E-state index in [0.29, 0.717) is 12.1 Å². The quantitative estimate of drug-likeness (QED) is 0.753. The van der Waals surface area contributed by atoms with Crippen LogP contribution >= 0.6 is 0 Å². The molecule has 25 heavy (non-hydrogen) atoms. The van der Waals surface area contributed by atoms with Crippen molar-refractivity contribution in [2.45, 2.75) is 13.5 Å². The highest BCUT2D eigenvalue weighted by Gasteiger charge is 2.06. The SMILES string of the molecule is CC(=O)NCc1ccc(C(=O)Nc2ccc(-n3ccnc3)cc2)cc1. The maximum atomic E-state index is 12.3. The molecule has 0 aliphatic heterocycles. The highest BCUT2D eigenvalue weighted by molar-refractivity contribution is 6.04. The third-order valence-corrected chi connectivity index (χ3v) is 3.69. The number of rotatable bonds is 5. The normalized spacial score (nSPS) is 10.3. The molecule has 0 unspecified atom stereocenters. The monoisotopic (exact) mass is 334 g/mol. The Morgan fingerprint density at radius 2 is 1.76 bits per heavy atom. The first-order valence-electron chi connectivity index (χ1n) is 7.85. The van der Waals surface area contributed by atoms with E-state index in [2.05, 4.69) is 15.6 Å². The van der Waals surface area contributed by atoms with Gasteiger partial charge in [0, 0.05) is 42.8 Å². The molecule has 1 aromatic heterocycles. The van der Waals surface area contributed by atoms with Gasteiger partial charge in [0.05, 0.1) is 6.33 Å².